The first-order valence-corrected chi connectivity index (χ1v) is 11.1. The molecule has 5 atom stereocenters. The van der Waals surface area contributed by atoms with E-state index in [0.29, 0.717) is 17.1 Å². The summed E-state index contributed by atoms with van der Waals surface area (Å²) in [5.41, 5.74) is 0.627. The van der Waals surface area contributed by atoms with Crippen molar-refractivity contribution in [1.82, 2.24) is 4.57 Å². The van der Waals surface area contributed by atoms with Gasteiger partial charge in [-0.25, -0.2) is 0 Å². The Kier molecular flexibility index (Phi) is 6.78. The lowest BCUT2D eigenvalue weighted by molar-refractivity contribution is -0.250. The minimum Gasteiger partial charge on any atom is -0.494 e. The summed E-state index contributed by atoms with van der Waals surface area (Å²) >= 11 is 8.00. The van der Waals surface area contributed by atoms with Crippen LogP contribution in [-0.2, 0) is 4.74 Å². The molecule has 2 aromatic carbocycles. The minimum absolute atomic E-state index is 0.452. The third-order valence-corrected chi connectivity index (χ3v) is 6.63. The summed E-state index contributed by atoms with van der Waals surface area (Å²) in [6, 6.07) is 13.2. The standard InChI is InChI=1S/C22H24ClNO6S/c1-2-29-12-6-8-13(9-7-12)31-17-10-24(18-14(17)4-3-5-15(18)23)22-21(28)20(27)19(26)16(11-25)30-22/h3-10,16,19-22,25-28H,2,11H2,1H3/t16-,19-,20+,21-,22-/m1/s1. The van der Waals surface area contributed by atoms with Crippen LogP contribution in [0.5, 0.6) is 5.75 Å². The number of halogens is 1. The molecule has 1 aliphatic rings. The molecule has 7 nitrogen and oxygen atoms in total. The largest absolute Gasteiger partial charge is 0.494 e. The van der Waals surface area contributed by atoms with Crippen LogP contribution in [0.2, 0.25) is 5.02 Å². The highest BCUT2D eigenvalue weighted by Gasteiger charge is 2.44. The van der Waals surface area contributed by atoms with Crippen LogP contribution in [-0.4, -0.2) is 62.6 Å². The monoisotopic (exact) mass is 465 g/mol. The molecule has 31 heavy (non-hydrogen) atoms. The van der Waals surface area contributed by atoms with Gasteiger partial charge in [-0.1, -0.05) is 35.5 Å². The molecule has 4 N–H and O–H groups in total. The molecule has 0 bridgehead atoms. The van der Waals surface area contributed by atoms with Crippen molar-refractivity contribution in [3.63, 3.8) is 0 Å². The number of fused-ring (bicyclic) bond motifs is 1. The molecule has 0 saturated carbocycles. The van der Waals surface area contributed by atoms with Crippen molar-refractivity contribution in [2.75, 3.05) is 13.2 Å². The molecule has 2 heterocycles. The Hall–Kier alpha value is -1.78. The molecule has 0 radical (unpaired) electrons. The second-order valence-electron chi connectivity index (χ2n) is 7.26. The smallest absolute Gasteiger partial charge is 0.163 e. The molecule has 0 aliphatic carbocycles. The van der Waals surface area contributed by atoms with Crippen molar-refractivity contribution in [2.45, 2.75) is 47.4 Å². The van der Waals surface area contributed by atoms with Gasteiger partial charge in [0.1, 0.15) is 30.2 Å². The summed E-state index contributed by atoms with van der Waals surface area (Å²) in [4.78, 5) is 1.86. The predicted molar refractivity (Wildman–Crippen MR) is 118 cm³/mol. The van der Waals surface area contributed by atoms with Crippen molar-refractivity contribution in [3.8, 4) is 5.75 Å². The van der Waals surface area contributed by atoms with Crippen LogP contribution in [0.4, 0.5) is 0 Å². The van der Waals surface area contributed by atoms with Crippen molar-refractivity contribution in [2.24, 2.45) is 0 Å². The van der Waals surface area contributed by atoms with Gasteiger partial charge >= 0.3 is 0 Å². The van der Waals surface area contributed by atoms with E-state index in [9.17, 15) is 20.4 Å². The van der Waals surface area contributed by atoms with Gasteiger partial charge in [-0.05, 0) is 37.3 Å². The van der Waals surface area contributed by atoms with Crippen LogP contribution in [0.25, 0.3) is 10.9 Å². The molecular formula is C22H24ClNO6S. The van der Waals surface area contributed by atoms with Crippen LogP contribution >= 0.6 is 23.4 Å². The van der Waals surface area contributed by atoms with Crippen molar-refractivity contribution < 1.29 is 29.9 Å². The Morgan fingerprint density at radius 3 is 2.48 bits per heavy atom. The van der Waals surface area contributed by atoms with E-state index in [0.717, 1.165) is 20.9 Å². The normalized spacial score (nSPS) is 26.3. The second kappa shape index (κ2) is 9.38. The fourth-order valence-electron chi connectivity index (χ4n) is 3.73. The van der Waals surface area contributed by atoms with Crippen LogP contribution in [0.1, 0.15) is 13.2 Å². The lowest BCUT2D eigenvalue weighted by atomic mass is 9.98. The summed E-state index contributed by atoms with van der Waals surface area (Å²) in [7, 11) is 0. The van der Waals surface area contributed by atoms with Crippen LogP contribution < -0.4 is 4.74 Å². The summed E-state index contributed by atoms with van der Waals surface area (Å²) in [5, 5.41) is 41.8. The number of aliphatic hydroxyl groups excluding tert-OH is 4. The summed E-state index contributed by atoms with van der Waals surface area (Å²) in [5.74, 6) is 0.790. The number of benzene rings is 2. The Morgan fingerprint density at radius 1 is 1.06 bits per heavy atom. The third-order valence-electron chi connectivity index (χ3n) is 5.27. The maximum absolute atomic E-state index is 10.6. The zero-order valence-electron chi connectivity index (χ0n) is 16.8. The number of aliphatic hydroxyl groups is 4. The fraction of sp³-hybridized carbons (Fsp3) is 0.364. The Morgan fingerprint density at radius 2 is 1.81 bits per heavy atom. The molecule has 0 unspecified atom stereocenters. The molecule has 4 rings (SSSR count). The molecule has 1 fully saturated rings. The van der Waals surface area contributed by atoms with Crippen LogP contribution in [0.15, 0.2) is 58.5 Å². The molecule has 1 aromatic heterocycles. The van der Waals surface area contributed by atoms with E-state index in [1.165, 1.54) is 11.8 Å². The predicted octanol–water partition coefficient (Wildman–Crippen LogP) is 2.82. The first-order valence-electron chi connectivity index (χ1n) is 9.95. The van der Waals surface area contributed by atoms with Crippen LogP contribution in [0, 0.1) is 0 Å². The second-order valence-corrected chi connectivity index (χ2v) is 8.79. The Bertz CT molecular complexity index is 1040. The Labute approximate surface area is 188 Å². The number of hydrogen-bond acceptors (Lipinski definition) is 7. The fourth-order valence-corrected chi connectivity index (χ4v) is 4.97. The van der Waals surface area contributed by atoms with E-state index in [1.807, 2.05) is 43.3 Å². The molecule has 1 saturated heterocycles. The lowest BCUT2D eigenvalue weighted by Gasteiger charge is -2.40. The van der Waals surface area contributed by atoms with Gasteiger partial charge in [0.25, 0.3) is 0 Å². The summed E-state index contributed by atoms with van der Waals surface area (Å²) in [6.07, 6.45) is -4.56. The molecule has 3 aromatic rings. The van der Waals surface area contributed by atoms with Crippen molar-refractivity contribution >= 4 is 34.3 Å². The molecule has 0 amide bonds. The van der Waals surface area contributed by atoms with Gasteiger partial charge in [-0.2, -0.15) is 0 Å². The van der Waals surface area contributed by atoms with E-state index in [-0.39, 0.29) is 0 Å². The number of nitrogens with zero attached hydrogens (tertiary/aromatic N) is 1. The topological polar surface area (TPSA) is 104 Å². The Balaban J connectivity index is 1.73. The van der Waals surface area contributed by atoms with Gasteiger partial charge in [0.15, 0.2) is 6.23 Å². The van der Waals surface area contributed by atoms with E-state index >= 15 is 0 Å². The number of hydrogen-bond donors (Lipinski definition) is 4. The highest BCUT2D eigenvalue weighted by Crippen LogP contribution is 2.41. The number of aromatic nitrogens is 1. The highest BCUT2D eigenvalue weighted by molar-refractivity contribution is 7.99. The number of ether oxygens (including phenoxy) is 2. The van der Waals surface area contributed by atoms with Gasteiger partial charge in [-0.3, -0.25) is 0 Å². The molecule has 166 valence electrons. The van der Waals surface area contributed by atoms with Gasteiger partial charge in [-0.15, -0.1) is 0 Å². The van der Waals surface area contributed by atoms with E-state index in [4.69, 9.17) is 21.1 Å². The van der Waals surface area contributed by atoms with E-state index < -0.39 is 37.3 Å². The first kappa shape index (κ1) is 22.4. The van der Waals surface area contributed by atoms with Gasteiger partial charge in [0, 0.05) is 21.4 Å². The van der Waals surface area contributed by atoms with Crippen LogP contribution in [0.3, 0.4) is 0 Å². The van der Waals surface area contributed by atoms with E-state index in [2.05, 4.69) is 0 Å². The SMILES string of the molecule is CCOc1ccc(Sc2cn([C@@H]3O[C@H](CO)[C@@H](O)[C@H](O)[C@H]3O)c3c(Cl)cccc23)cc1. The zero-order chi connectivity index (χ0) is 22.1. The minimum atomic E-state index is -1.47. The lowest BCUT2D eigenvalue weighted by Crippen LogP contribution is -2.56. The molecular weight excluding hydrogens is 442 g/mol. The van der Waals surface area contributed by atoms with Crippen molar-refractivity contribution in [3.05, 3.63) is 53.7 Å². The maximum atomic E-state index is 10.6. The van der Waals surface area contributed by atoms with Gasteiger partial charge < -0.3 is 34.5 Å². The third kappa shape index (κ3) is 4.29. The summed E-state index contributed by atoms with van der Waals surface area (Å²) in [6.45, 7) is 2.03. The maximum Gasteiger partial charge on any atom is 0.163 e. The molecule has 1 aliphatic heterocycles. The number of para-hydroxylation sites is 1. The first-order chi connectivity index (χ1) is 14.9. The summed E-state index contributed by atoms with van der Waals surface area (Å²) < 4.78 is 12.9. The quantitative estimate of drug-likeness (QED) is 0.443. The average molecular weight is 466 g/mol. The highest BCUT2D eigenvalue weighted by atomic mass is 35.5. The molecule has 9 heteroatoms. The van der Waals surface area contributed by atoms with Gasteiger partial charge in [0.2, 0.25) is 0 Å². The zero-order valence-corrected chi connectivity index (χ0v) is 18.3. The van der Waals surface area contributed by atoms with Gasteiger partial charge in [0.05, 0.1) is 23.8 Å². The molecule has 0 spiro atoms. The van der Waals surface area contributed by atoms with Crippen molar-refractivity contribution in [1.29, 1.82) is 0 Å². The number of rotatable bonds is 6. The average Bonchev–Trinajstić information content (AvgIpc) is 3.13. The van der Waals surface area contributed by atoms with E-state index in [1.54, 1.807) is 16.8 Å².